The van der Waals surface area contributed by atoms with E-state index in [1.165, 1.54) is 45.2 Å². The Hall–Kier alpha value is -0.0400. The van der Waals surface area contributed by atoms with Crippen LogP contribution in [0, 0.1) is 16.7 Å². The molecule has 2 rings (SSSR count). The Morgan fingerprint density at radius 2 is 1.80 bits per heavy atom. The van der Waals surface area contributed by atoms with Crippen molar-refractivity contribution < 1.29 is 0 Å². The van der Waals surface area contributed by atoms with E-state index in [2.05, 4.69) is 32.7 Å². The van der Waals surface area contributed by atoms with Crippen molar-refractivity contribution in [2.24, 2.45) is 16.7 Å². The SMILES string of the molecule is CN1CCC2(CC1)CC2CCC(C)(C)C. The molecule has 15 heavy (non-hydrogen) atoms. The summed E-state index contributed by atoms with van der Waals surface area (Å²) in [6.45, 7) is 9.79. The van der Waals surface area contributed by atoms with Gasteiger partial charge in [-0.1, -0.05) is 20.8 Å². The van der Waals surface area contributed by atoms with Crippen LogP contribution >= 0.6 is 0 Å². The molecular formula is C14H27N. The Labute approximate surface area is 95.2 Å². The molecule has 1 atom stereocenters. The summed E-state index contributed by atoms with van der Waals surface area (Å²) in [7, 11) is 2.26. The van der Waals surface area contributed by atoms with E-state index in [1.807, 2.05) is 0 Å². The molecule has 1 nitrogen and oxygen atoms in total. The monoisotopic (exact) mass is 209 g/mol. The van der Waals surface area contributed by atoms with Crippen molar-refractivity contribution >= 4 is 0 Å². The van der Waals surface area contributed by atoms with E-state index in [0.717, 1.165) is 11.3 Å². The van der Waals surface area contributed by atoms with Gasteiger partial charge in [-0.15, -0.1) is 0 Å². The first-order valence-corrected chi connectivity index (χ1v) is 6.60. The zero-order valence-corrected chi connectivity index (χ0v) is 11.0. The Morgan fingerprint density at radius 3 is 2.33 bits per heavy atom. The third kappa shape index (κ3) is 2.75. The maximum Gasteiger partial charge on any atom is -0.00164 e. The molecule has 1 aliphatic carbocycles. The molecule has 1 saturated heterocycles. The fourth-order valence-corrected chi connectivity index (χ4v) is 3.12. The number of likely N-dealkylation sites (tertiary alicyclic amines) is 1. The van der Waals surface area contributed by atoms with Crippen LogP contribution in [0.2, 0.25) is 0 Å². The molecular weight excluding hydrogens is 182 g/mol. The van der Waals surface area contributed by atoms with Crippen molar-refractivity contribution in [1.29, 1.82) is 0 Å². The van der Waals surface area contributed by atoms with Crippen LogP contribution in [-0.4, -0.2) is 25.0 Å². The molecule has 0 aromatic rings. The minimum Gasteiger partial charge on any atom is -0.306 e. The van der Waals surface area contributed by atoms with Crippen molar-refractivity contribution in [1.82, 2.24) is 4.90 Å². The molecule has 1 heteroatoms. The largest absolute Gasteiger partial charge is 0.306 e. The van der Waals surface area contributed by atoms with Crippen LogP contribution in [0.15, 0.2) is 0 Å². The summed E-state index contributed by atoms with van der Waals surface area (Å²) in [5.74, 6) is 1.07. The Kier molecular flexibility index (Phi) is 2.87. The first-order chi connectivity index (χ1) is 6.91. The zero-order chi connectivity index (χ0) is 11.1. The van der Waals surface area contributed by atoms with Gasteiger partial charge in [-0.3, -0.25) is 0 Å². The number of nitrogens with zero attached hydrogens (tertiary/aromatic N) is 1. The van der Waals surface area contributed by atoms with Crippen molar-refractivity contribution in [2.75, 3.05) is 20.1 Å². The molecule has 0 aromatic carbocycles. The summed E-state index contributed by atoms with van der Waals surface area (Å²) in [4.78, 5) is 2.49. The van der Waals surface area contributed by atoms with E-state index < -0.39 is 0 Å². The molecule has 1 aliphatic heterocycles. The van der Waals surface area contributed by atoms with Gasteiger partial charge in [0.25, 0.3) is 0 Å². The second-order valence-corrected chi connectivity index (χ2v) is 7.17. The molecule has 1 saturated carbocycles. The summed E-state index contributed by atoms with van der Waals surface area (Å²) < 4.78 is 0. The first kappa shape index (κ1) is 11.4. The average molecular weight is 209 g/mol. The first-order valence-electron chi connectivity index (χ1n) is 6.60. The van der Waals surface area contributed by atoms with Gasteiger partial charge in [-0.05, 0) is 69.0 Å². The number of hydrogen-bond acceptors (Lipinski definition) is 1. The summed E-state index contributed by atoms with van der Waals surface area (Å²) in [6, 6.07) is 0. The highest BCUT2D eigenvalue weighted by Crippen LogP contribution is 2.61. The van der Waals surface area contributed by atoms with Crippen LogP contribution in [-0.2, 0) is 0 Å². The minimum absolute atomic E-state index is 0.537. The van der Waals surface area contributed by atoms with E-state index in [0.29, 0.717) is 5.41 Å². The molecule has 0 aromatic heterocycles. The fraction of sp³-hybridized carbons (Fsp3) is 1.00. The quantitative estimate of drug-likeness (QED) is 0.672. The summed E-state index contributed by atoms with van der Waals surface area (Å²) in [6.07, 6.45) is 7.37. The van der Waals surface area contributed by atoms with E-state index in [1.54, 1.807) is 0 Å². The van der Waals surface area contributed by atoms with Crippen molar-refractivity contribution in [3.63, 3.8) is 0 Å². The van der Waals surface area contributed by atoms with Crippen LogP contribution in [0.1, 0.15) is 52.9 Å². The topological polar surface area (TPSA) is 3.24 Å². The minimum atomic E-state index is 0.537. The smallest absolute Gasteiger partial charge is 0.00164 e. The van der Waals surface area contributed by atoms with Crippen molar-refractivity contribution in [2.45, 2.75) is 52.9 Å². The molecule has 0 bridgehead atoms. The lowest BCUT2D eigenvalue weighted by atomic mass is 9.85. The third-order valence-corrected chi connectivity index (χ3v) is 4.58. The van der Waals surface area contributed by atoms with Gasteiger partial charge in [0, 0.05) is 0 Å². The van der Waals surface area contributed by atoms with Crippen LogP contribution in [0.5, 0.6) is 0 Å². The van der Waals surface area contributed by atoms with Crippen LogP contribution in [0.4, 0.5) is 0 Å². The summed E-state index contributed by atoms with van der Waals surface area (Å²) in [5, 5.41) is 0. The molecule has 1 unspecified atom stereocenters. The fourth-order valence-electron chi connectivity index (χ4n) is 3.12. The summed E-state index contributed by atoms with van der Waals surface area (Å²) >= 11 is 0. The average Bonchev–Trinajstić information content (AvgIpc) is 2.81. The van der Waals surface area contributed by atoms with E-state index in [9.17, 15) is 0 Å². The predicted octanol–water partition coefficient (Wildman–Crippen LogP) is 3.54. The maximum atomic E-state index is 2.49. The molecule has 0 N–H and O–H groups in total. The summed E-state index contributed by atoms with van der Waals surface area (Å²) in [5.41, 5.74) is 1.34. The Bertz CT molecular complexity index is 218. The predicted molar refractivity (Wildman–Crippen MR) is 66.0 cm³/mol. The zero-order valence-electron chi connectivity index (χ0n) is 11.0. The van der Waals surface area contributed by atoms with E-state index in [4.69, 9.17) is 0 Å². The van der Waals surface area contributed by atoms with Crippen LogP contribution < -0.4 is 0 Å². The second-order valence-electron chi connectivity index (χ2n) is 7.17. The number of rotatable bonds is 2. The Morgan fingerprint density at radius 1 is 1.20 bits per heavy atom. The van der Waals surface area contributed by atoms with Gasteiger partial charge >= 0.3 is 0 Å². The Balaban J connectivity index is 1.75. The van der Waals surface area contributed by atoms with Gasteiger partial charge in [-0.2, -0.15) is 0 Å². The number of piperidine rings is 1. The third-order valence-electron chi connectivity index (χ3n) is 4.58. The van der Waals surface area contributed by atoms with Gasteiger partial charge in [-0.25, -0.2) is 0 Å². The molecule has 0 radical (unpaired) electrons. The highest BCUT2D eigenvalue weighted by Gasteiger charge is 2.53. The van der Waals surface area contributed by atoms with Crippen molar-refractivity contribution in [3.8, 4) is 0 Å². The van der Waals surface area contributed by atoms with Crippen molar-refractivity contribution in [3.05, 3.63) is 0 Å². The molecule has 1 heterocycles. The van der Waals surface area contributed by atoms with Crippen LogP contribution in [0.25, 0.3) is 0 Å². The van der Waals surface area contributed by atoms with Gasteiger partial charge in [0.2, 0.25) is 0 Å². The molecule has 0 amide bonds. The standard InChI is InChI=1S/C14H27N/c1-13(2,3)6-5-12-11-14(12)7-9-15(4)10-8-14/h12H,5-11H2,1-4H3. The van der Waals surface area contributed by atoms with Gasteiger partial charge < -0.3 is 4.90 Å². The second kappa shape index (κ2) is 3.76. The highest BCUT2D eigenvalue weighted by molar-refractivity contribution is 5.04. The van der Waals surface area contributed by atoms with Crippen LogP contribution in [0.3, 0.4) is 0 Å². The van der Waals surface area contributed by atoms with Gasteiger partial charge in [0.1, 0.15) is 0 Å². The number of hydrogen-bond donors (Lipinski definition) is 0. The van der Waals surface area contributed by atoms with E-state index >= 15 is 0 Å². The lowest BCUT2D eigenvalue weighted by Gasteiger charge is -2.30. The molecule has 2 fully saturated rings. The van der Waals surface area contributed by atoms with E-state index in [-0.39, 0.29) is 0 Å². The normalized spacial score (nSPS) is 30.8. The lowest BCUT2D eigenvalue weighted by molar-refractivity contribution is 0.187. The van der Waals surface area contributed by atoms with Gasteiger partial charge in [0.15, 0.2) is 0 Å². The maximum absolute atomic E-state index is 2.49. The molecule has 88 valence electrons. The van der Waals surface area contributed by atoms with Gasteiger partial charge in [0.05, 0.1) is 0 Å². The molecule has 1 spiro atoms. The molecule has 2 aliphatic rings. The lowest BCUT2D eigenvalue weighted by Crippen LogP contribution is -2.32. The highest BCUT2D eigenvalue weighted by atomic mass is 15.1.